The Morgan fingerprint density at radius 3 is 2.88 bits per heavy atom. The van der Waals surface area contributed by atoms with E-state index < -0.39 is 6.10 Å². The van der Waals surface area contributed by atoms with Gasteiger partial charge in [-0.05, 0) is 61.1 Å². The van der Waals surface area contributed by atoms with Crippen LogP contribution in [0.25, 0.3) is 5.57 Å². The molecule has 2 N–H and O–H groups in total. The second-order valence-electron chi connectivity index (χ2n) is 7.53. The Hall–Kier alpha value is -1.82. The number of rotatable bonds is 5. The predicted molar refractivity (Wildman–Crippen MR) is 103 cm³/mol. The van der Waals surface area contributed by atoms with Crippen LogP contribution < -0.4 is 10.1 Å². The van der Waals surface area contributed by atoms with E-state index in [0.29, 0.717) is 11.8 Å². The summed E-state index contributed by atoms with van der Waals surface area (Å²) in [7, 11) is 3.34. The fourth-order valence-electron chi connectivity index (χ4n) is 4.76. The van der Waals surface area contributed by atoms with Gasteiger partial charge in [-0.15, -0.1) is 6.58 Å². The minimum Gasteiger partial charge on any atom is -0.497 e. The number of methoxy groups -OCH3 is 2. The molecule has 1 aromatic carbocycles. The van der Waals surface area contributed by atoms with E-state index in [-0.39, 0.29) is 12.3 Å². The van der Waals surface area contributed by atoms with Crippen LogP contribution in [0.5, 0.6) is 5.75 Å². The number of benzene rings is 1. The molecular formula is C21H28N2O3. The van der Waals surface area contributed by atoms with Crippen LogP contribution in [0.4, 0.5) is 5.69 Å². The van der Waals surface area contributed by atoms with Gasteiger partial charge in [0, 0.05) is 30.9 Å². The maximum atomic E-state index is 11.3. The van der Waals surface area contributed by atoms with Crippen molar-refractivity contribution >= 4 is 11.3 Å². The zero-order valence-corrected chi connectivity index (χ0v) is 15.5. The summed E-state index contributed by atoms with van der Waals surface area (Å²) in [5.41, 5.74) is 2.89. The van der Waals surface area contributed by atoms with Gasteiger partial charge in [0.2, 0.25) is 0 Å². The van der Waals surface area contributed by atoms with Gasteiger partial charge in [0.15, 0.2) is 0 Å². The zero-order chi connectivity index (χ0) is 18.3. The van der Waals surface area contributed by atoms with Crippen LogP contribution in [-0.4, -0.2) is 55.7 Å². The van der Waals surface area contributed by atoms with E-state index in [1.807, 2.05) is 24.3 Å². The minimum absolute atomic E-state index is 0.144. The molecule has 0 aromatic heterocycles. The molecule has 3 fully saturated rings. The quantitative estimate of drug-likeness (QED) is 0.795. The normalized spacial score (nSPS) is 33.7. The SMILES string of the molecule is C=C[C@H]1CN2CCC1C[C@H]2[C@H](O)C1=CC(OC)Nc2ccc(OC)cc21. The number of nitrogens with zero attached hydrogens (tertiary/aromatic N) is 1. The first-order chi connectivity index (χ1) is 12.6. The van der Waals surface area contributed by atoms with Gasteiger partial charge in [-0.25, -0.2) is 0 Å². The van der Waals surface area contributed by atoms with E-state index in [9.17, 15) is 5.11 Å². The van der Waals surface area contributed by atoms with Crippen LogP contribution in [0.15, 0.2) is 36.9 Å². The molecule has 4 heterocycles. The number of hydrogen-bond acceptors (Lipinski definition) is 5. The molecule has 6 atom stereocenters. The second-order valence-corrected chi connectivity index (χ2v) is 7.53. The molecular weight excluding hydrogens is 328 g/mol. The third kappa shape index (κ3) is 2.94. The Balaban J connectivity index is 1.65. The van der Waals surface area contributed by atoms with Crippen LogP contribution in [0, 0.1) is 11.8 Å². The third-order valence-electron chi connectivity index (χ3n) is 6.26. The molecule has 0 aliphatic carbocycles. The topological polar surface area (TPSA) is 54.0 Å². The summed E-state index contributed by atoms with van der Waals surface area (Å²) in [4.78, 5) is 2.43. The molecule has 2 bridgehead atoms. The number of ether oxygens (including phenoxy) is 2. The van der Waals surface area contributed by atoms with Crippen LogP contribution in [0.2, 0.25) is 0 Å². The molecule has 0 spiro atoms. The maximum absolute atomic E-state index is 11.3. The van der Waals surface area contributed by atoms with Crippen molar-refractivity contribution in [3.05, 3.63) is 42.5 Å². The van der Waals surface area contributed by atoms with Gasteiger partial charge >= 0.3 is 0 Å². The first kappa shape index (κ1) is 17.6. The molecule has 5 rings (SSSR count). The predicted octanol–water partition coefficient (Wildman–Crippen LogP) is 2.73. The minimum atomic E-state index is -0.547. The summed E-state index contributed by atoms with van der Waals surface area (Å²) in [5.74, 6) is 1.97. The van der Waals surface area contributed by atoms with E-state index >= 15 is 0 Å². The summed E-state index contributed by atoms with van der Waals surface area (Å²) in [6, 6.07) is 6.05. The average Bonchev–Trinajstić information content (AvgIpc) is 2.72. The third-order valence-corrected chi connectivity index (χ3v) is 6.26. The largest absolute Gasteiger partial charge is 0.497 e. The lowest BCUT2D eigenvalue weighted by Crippen LogP contribution is -2.57. The van der Waals surface area contributed by atoms with Crippen molar-refractivity contribution in [2.75, 3.05) is 32.6 Å². The van der Waals surface area contributed by atoms with Crippen molar-refractivity contribution in [1.29, 1.82) is 0 Å². The standard InChI is InChI=1S/C21H28N2O3/c1-4-13-12-23-8-7-14(13)9-19(23)21(24)17-11-20(26-3)22-18-6-5-15(25-2)10-16(17)18/h4-6,10-11,13-14,19-22,24H,1,7-9,12H2,2-3H3/t13-,14?,19-,20?,21+/m0/s1. The Labute approximate surface area is 155 Å². The summed E-state index contributed by atoms with van der Waals surface area (Å²) >= 11 is 0. The Morgan fingerprint density at radius 2 is 2.23 bits per heavy atom. The summed E-state index contributed by atoms with van der Waals surface area (Å²) in [6.07, 6.45) is 5.52. The Kier molecular flexibility index (Phi) is 4.78. The molecule has 26 heavy (non-hydrogen) atoms. The fraction of sp³-hybridized carbons (Fsp3) is 0.524. The Bertz CT molecular complexity index is 717. The number of fused-ring (bicyclic) bond motifs is 4. The van der Waals surface area contributed by atoms with Crippen LogP contribution in [0.1, 0.15) is 18.4 Å². The fourth-order valence-corrected chi connectivity index (χ4v) is 4.76. The maximum Gasteiger partial charge on any atom is 0.147 e. The van der Waals surface area contributed by atoms with Crippen LogP contribution >= 0.6 is 0 Å². The van der Waals surface area contributed by atoms with Gasteiger partial charge in [-0.1, -0.05) is 6.08 Å². The highest BCUT2D eigenvalue weighted by molar-refractivity contribution is 5.83. The van der Waals surface area contributed by atoms with E-state index in [1.165, 1.54) is 6.42 Å². The van der Waals surface area contributed by atoms with Crippen LogP contribution in [0.3, 0.4) is 0 Å². The second kappa shape index (κ2) is 7.06. The average molecular weight is 356 g/mol. The number of piperidine rings is 3. The van der Waals surface area contributed by atoms with Gasteiger partial charge in [-0.3, -0.25) is 4.90 Å². The molecule has 0 radical (unpaired) electrons. The molecule has 4 aliphatic rings. The number of anilines is 1. The van der Waals surface area contributed by atoms with Crippen LogP contribution in [-0.2, 0) is 4.74 Å². The molecule has 4 aliphatic heterocycles. The smallest absolute Gasteiger partial charge is 0.147 e. The van der Waals surface area contributed by atoms with Gasteiger partial charge < -0.3 is 19.9 Å². The van der Waals surface area contributed by atoms with Gasteiger partial charge in [0.05, 0.1) is 13.2 Å². The summed E-state index contributed by atoms with van der Waals surface area (Å²) in [6.45, 7) is 6.05. The molecule has 0 amide bonds. The molecule has 3 saturated heterocycles. The lowest BCUT2D eigenvalue weighted by molar-refractivity contribution is -0.0256. The first-order valence-electron chi connectivity index (χ1n) is 9.38. The van der Waals surface area contributed by atoms with E-state index in [0.717, 1.165) is 42.1 Å². The molecule has 1 aromatic rings. The molecule has 140 valence electrons. The number of nitrogens with one attached hydrogen (secondary N) is 1. The van der Waals surface area contributed by atoms with Crippen molar-refractivity contribution in [1.82, 2.24) is 4.90 Å². The van der Waals surface area contributed by atoms with Gasteiger partial charge in [0.1, 0.15) is 12.0 Å². The van der Waals surface area contributed by atoms with Crippen molar-refractivity contribution < 1.29 is 14.6 Å². The monoisotopic (exact) mass is 356 g/mol. The van der Waals surface area contributed by atoms with Crippen molar-refractivity contribution in [3.63, 3.8) is 0 Å². The highest BCUT2D eigenvalue weighted by Gasteiger charge is 2.43. The lowest BCUT2D eigenvalue weighted by Gasteiger charge is -2.51. The van der Waals surface area contributed by atoms with E-state index in [1.54, 1.807) is 14.2 Å². The van der Waals surface area contributed by atoms with Gasteiger partial charge in [0.25, 0.3) is 0 Å². The van der Waals surface area contributed by atoms with Crippen molar-refractivity contribution in [2.45, 2.75) is 31.2 Å². The Morgan fingerprint density at radius 1 is 1.38 bits per heavy atom. The number of aliphatic hydroxyl groups is 1. The van der Waals surface area contributed by atoms with Crippen molar-refractivity contribution in [3.8, 4) is 5.75 Å². The van der Waals surface area contributed by atoms with Gasteiger partial charge in [-0.2, -0.15) is 0 Å². The van der Waals surface area contributed by atoms with Crippen molar-refractivity contribution in [2.24, 2.45) is 11.8 Å². The zero-order valence-electron chi connectivity index (χ0n) is 15.5. The number of hydrogen-bond donors (Lipinski definition) is 2. The number of aliphatic hydroxyl groups excluding tert-OH is 1. The molecule has 3 unspecified atom stereocenters. The summed E-state index contributed by atoms with van der Waals surface area (Å²) < 4.78 is 10.9. The van der Waals surface area contributed by atoms with E-state index in [2.05, 4.69) is 22.9 Å². The first-order valence-corrected chi connectivity index (χ1v) is 9.38. The highest BCUT2D eigenvalue weighted by atomic mass is 16.5. The molecule has 5 heteroatoms. The molecule has 0 saturated carbocycles. The summed E-state index contributed by atoms with van der Waals surface area (Å²) in [5, 5.41) is 14.7. The lowest BCUT2D eigenvalue weighted by atomic mass is 9.73. The molecule has 5 nitrogen and oxygen atoms in total. The highest BCUT2D eigenvalue weighted by Crippen LogP contribution is 2.42. The van der Waals surface area contributed by atoms with E-state index in [4.69, 9.17) is 9.47 Å².